The summed E-state index contributed by atoms with van der Waals surface area (Å²) in [6.07, 6.45) is 0.922. The molecule has 0 unspecified atom stereocenters. The van der Waals surface area contributed by atoms with E-state index in [0.717, 1.165) is 12.2 Å². The Kier molecular flexibility index (Phi) is 4.85. The van der Waals surface area contributed by atoms with Crippen LogP contribution in [0.4, 0.5) is 0 Å². The minimum atomic E-state index is 0.896. The molecule has 4 aromatic rings. The Morgan fingerprint density at radius 2 is 1.35 bits per heavy atom. The fourth-order valence-electron chi connectivity index (χ4n) is 3.10. The summed E-state index contributed by atoms with van der Waals surface area (Å²) in [5, 5.41) is 0. The highest BCUT2D eigenvalue weighted by molar-refractivity contribution is 7.16. The lowest BCUT2D eigenvalue weighted by Crippen LogP contribution is -1.88. The number of thiophene rings is 1. The SMILES string of the molecule is COc1ccc(Cc2sc(-c3ccccc3)cc2-c2ccccc2)cc1. The summed E-state index contributed by atoms with van der Waals surface area (Å²) in [4.78, 5) is 2.70. The molecular formula is C24H20OS. The first kappa shape index (κ1) is 16.6. The topological polar surface area (TPSA) is 9.23 Å². The van der Waals surface area contributed by atoms with Gasteiger partial charge in [0.1, 0.15) is 5.75 Å². The van der Waals surface area contributed by atoms with Crippen LogP contribution in [0.5, 0.6) is 5.75 Å². The lowest BCUT2D eigenvalue weighted by molar-refractivity contribution is 0.414. The van der Waals surface area contributed by atoms with Gasteiger partial charge in [-0.25, -0.2) is 0 Å². The fraction of sp³-hybridized carbons (Fsp3) is 0.0833. The van der Waals surface area contributed by atoms with Crippen molar-refractivity contribution in [3.05, 3.63) is 101 Å². The maximum Gasteiger partial charge on any atom is 0.118 e. The zero-order valence-corrected chi connectivity index (χ0v) is 15.5. The smallest absolute Gasteiger partial charge is 0.118 e. The van der Waals surface area contributed by atoms with Crippen molar-refractivity contribution in [2.24, 2.45) is 0 Å². The molecule has 0 atom stereocenters. The Balaban J connectivity index is 1.75. The van der Waals surface area contributed by atoms with Crippen molar-refractivity contribution in [1.82, 2.24) is 0 Å². The second-order valence-corrected chi connectivity index (χ2v) is 7.34. The van der Waals surface area contributed by atoms with Crippen molar-refractivity contribution in [3.63, 3.8) is 0 Å². The molecule has 0 aliphatic carbocycles. The summed E-state index contributed by atoms with van der Waals surface area (Å²) >= 11 is 1.88. The molecule has 0 spiro atoms. The van der Waals surface area contributed by atoms with E-state index in [0.29, 0.717) is 0 Å². The molecule has 128 valence electrons. The molecule has 2 heteroatoms. The molecule has 0 fully saturated rings. The van der Waals surface area contributed by atoms with E-state index in [1.807, 2.05) is 23.5 Å². The zero-order chi connectivity index (χ0) is 17.8. The Labute approximate surface area is 158 Å². The molecule has 3 aromatic carbocycles. The van der Waals surface area contributed by atoms with Crippen LogP contribution in [-0.4, -0.2) is 7.11 Å². The van der Waals surface area contributed by atoms with Gasteiger partial charge in [0.25, 0.3) is 0 Å². The lowest BCUT2D eigenvalue weighted by atomic mass is 10.0. The average Bonchev–Trinajstić information content (AvgIpc) is 3.14. The molecule has 0 saturated carbocycles. The van der Waals surface area contributed by atoms with Crippen LogP contribution in [0.3, 0.4) is 0 Å². The highest BCUT2D eigenvalue weighted by Crippen LogP contribution is 2.38. The molecule has 0 radical (unpaired) electrons. The molecule has 1 nitrogen and oxygen atoms in total. The molecule has 26 heavy (non-hydrogen) atoms. The molecule has 1 aromatic heterocycles. The first-order valence-electron chi connectivity index (χ1n) is 8.70. The highest BCUT2D eigenvalue weighted by Gasteiger charge is 2.13. The van der Waals surface area contributed by atoms with Crippen LogP contribution in [0.2, 0.25) is 0 Å². The summed E-state index contributed by atoms with van der Waals surface area (Å²) in [7, 11) is 1.70. The molecule has 0 aliphatic rings. The van der Waals surface area contributed by atoms with Crippen LogP contribution in [0.1, 0.15) is 10.4 Å². The first-order chi connectivity index (χ1) is 12.8. The Bertz CT molecular complexity index is 970. The van der Waals surface area contributed by atoms with Gasteiger partial charge >= 0.3 is 0 Å². The number of methoxy groups -OCH3 is 1. The predicted molar refractivity (Wildman–Crippen MR) is 111 cm³/mol. The first-order valence-corrected chi connectivity index (χ1v) is 9.51. The highest BCUT2D eigenvalue weighted by atomic mass is 32.1. The number of benzene rings is 3. The van der Waals surface area contributed by atoms with Gasteiger partial charge in [-0.2, -0.15) is 0 Å². The van der Waals surface area contributed by atoms with E-state index < -0.39 is 0 Å². The normalized spacial score (nSPS) is 10.7. The van der Waals surface area contributed by atoms with Crippen molar-refractivity contribution in [2.45, 2.75) is 6.42 Å². The maximum atomic E-state index is 5.28. The lowest BCUT2D eigenvalue weighted by Gasteiger charge is -2.05. The molecule has 0 bridgehead atoms. The van der Waals surface area contributed by atoms with Gasteiger partial charge in [0.05, 0.1) is 7.11 Å². The standard InChI is InChI=1S/C24H20OS/c1-25-21-14-12-18(13-15-21)16-24-22(19-8-4-2-5-9-19)17-23(26-24)20-10-6-3-7-11-20/h2-15,17H,16H2,1H3. The minimum absolute atomic E-state index is 0.896. The van der Waals surface area contributed by atoms with Gasteiger partial charge < -0.3 is 4.74 Å². The Hall–Kier alpha value is -2.84. The summed E-state index contributed by atoms with van der Waals surface area (Å²) in [6.45, 7) is 0. The van der Waals surface area contributed by atoms with E-state index in [-0.39, 0.29) is 0 Å². The Morgan fingerprint density at radius 1 is 0.731 bits per heavy atom. The largest absolute Gasteiger partial charge is 0.497 e. The van der Waals surface area contributed by atoms with Crippen LogP contribution in [0.15, 0.2) is 91.0 Å². The second kappa shape index (κ2) is 7.59. The van der Waals surface area contributed by atoms with Crippen LogP contribution >= 0.6 is 11.3 Å². The van der Waals surface area contributed by atoms with Crippen LogP contribution < -0.4 is 4.74 Å². The number of ether oxygens (including phenoxy) is 1. The van der Waals surface area contributed by atoms with E-state index in [4.69, 9.17) is 4.74 Å². The number of rotatable bonds is 5. The van der Waals surface area contributed by atoms with Crippen molar-refractivity contribution >= 4 is 11.3 Å². The van der Waals surface area contributed by atoms with E-state index in [2.05, 4.69) is 78.9 Å². The number of hydrogen-bond donors (Lipinski definition) is 0. The minimum Gasteiger partial charge on any atom is -0.497 e. The average molecular weight is 356 g/mol. The van der Waals surface area contributed by atoms with Crippen LogP contribution in [0.25, 0.3) is 21.6 Å². The van der Waals surface area contributed by atoms with Crippen LogP contribution in [-0.2, 0) is 6.42 Å². The van der Waals surface area contributed by atoms with Crippen LogP contribution in [0, 0.1) is 0 Å². The molecule has 4 rings (SSSR count). The Morgan fingerprint density at radius 3 is 1.96 bits per heavy atom. The summed E-state index contributed by atoms with van der Waals surface area (Å²) < 4.78 is 5.28. The van der Waals surface area contributed by atoms with Gasteiger partial charge in [0, 0.05) is 16.2 Å². The van der Waals surface area contributed by atoms with Gasteiger partial charge in [-0.15, -0.1) is 11.3 Å². The van der Waals surface area contributed by atoms with Crippen molar-refractivity contribution in [2.75, 3.05) is 7.11 Å². The maximum absolute atomic E-state index is 5.28. The molecule has 0 N–H and O–H groups in total. The molecule has 0 amide bonds. The summed E-state index contributed by atoms with van der Waals surface area (Å²) in [6, 6.07) is 32.0. The van der Waals surface area contributed by atoms with Gasteiger partial charge in [0.15, 0.2) is 0 Å². The van der Waals surface area contributed by atoms with Crippen molar-refractivity contribution in [3.8, 4) is 27.3 Å². The van der Waals surface area contributed by atoms with E-state index in [9.17, 15) is 0 Å². The molecule has 0 aliphatic heterocycles. The van der Waals surface area contributed by atoms with Gasteiger partial charge in [-0.3, -0.25) is 0 Å². The summed E-state index contributed by atoms with van der Waals surface area (Å²) in [5.41, 5.74) is 5.17. The van der Waals surface area contributed by atoms with Crippen molar-refractivity contribution in [1.29, 1.82) is 0 Å². The monoisotopic (exact) mass is 356 g/mol. The third-order valence-corrected chi connectivity index (χ3v) is 5.66. The van der Waals surface area contributed by atoms with Gasteiger partial charge in [-0.1, -0.05) is 72.8 Å². The van der Waals surface area contributed by atoms with E-state index in [1.54, 1.807) is 7.11 Å². The van der Waals surface area contributed by atoms with E-state index >= 15 is 0 Å². The van der Waals surface area contributed by atoms with Crippen molar-refractivity contribution < 1.29 is 4.74 Å². The molecular weight excluding hydrogens is 336 g/mol. The summed E-state index contributed by atoms with van der Waals surface area (Å²) in [5.74, 6) is 0.896. The fourth-order valence-corrected chi connectivity index (χ4v) is 4.32. The van der Waals surface area contributed by atoms with Gasteiger partial charge in [0.2, 0.25) is 0 Å². The quantitative estimate of drug-likeness (QED) is 0.387. The predicted octanol–water partition coefficient (Wildman–Crippen LogP) is 6.68. The molecule has 1 heterocycles. The molecule has 0 saturated heterocycles. The third kappa shape index (κ3) is 3.56. The van der Waals surface area contributed by atoms with E-state index in [1.165, 1.54) is 32.0 Å². The zero-order valence-electron chi connectivity index (χ0n) is 14.7. The second-order valence-electron chi connectivity index (χ2n) is 6.20. The number of hydrogen-bond acceptors (Lipinski definition) is 2. The van der Waals surface area contributed by atoms with Gasteiger partial charge in [-0.05, 0) is 40.5 Å². The third-order valence-electron chi connectivity index (χ3n) is 4.48.